The fourth-order valence-corrected chi connectivity index (χ4v) is 3.48. The average Bonchev–Trinajstić information content (AvgIpc) is 3.29. The number of hydrogen-bond acceptors (Lipinski definition) is 3. The molecule has 3 rings (SSSR count). The summed E-state index contributed by atoms with van der Waals surface area (Å²) in [6.45, 7) is 5.56. The third kappa shape index (κ3) is 3.77. The van der Waals surface area contributed by atoms with E-state index in [1.54, 1.807) is 19.0 Å². The van der Waals surface area contributed by atoms with Gasteiger partial charge in [-0.2, -0.15) is 0 Å². The van der Waals surface area contributed by atoms with Crippen molar-refractivity contribution in [2.45, 2.75) is 39.2 Å². The number of likely N-dealkylation sites (tertiary alicyclic amines) is 1. The van der Waals surface area contributed by atoms with Gasteiger partial charge in [0.1, 0.15) is 5.82 Å². The van der Waals surface area contributed by atoms with Gasteiger partial charge >= 0.3 is 6.03 Å². The minimum absolute atomic E-state index is 0.0204. The normalized spacial score (nSPS) is 17.9. The van der Waals surface area contributed by atoms with Crippen LogP contribution in [0.1, 0.15) is 55.5 Å². The summed E-state index contributed by atoms with van der Waals surface area (Å²) in [6.07, 6.45) is 4.71. The fraction of sp³-hybridized carbons (Fsp3) is 0.550. The Balaban J connectivity index is 1.95. The largest absolute Gasteiger partial charge is 0.350 e. The van der Waals surface area contributed by atoms with Gasteiger partial charge in [-0.1, -0.05) is 26.3 Å². The number of nitrogens with one attached hydrogen (secondary N) is 1. The number of imidazole rings is 1. The van der Waals surface area contributed by atoms with Crippen LogP contribution in [0.2, 0.25) is 0 Å². The van der Waals surface area contributed by atoms with Crippen molar-refractivity contribution >= 4 is 17.5 Å². The van der Waals surface area contributed by atoms with E-state index in [1.165, 1.54) is 0 Å². The van der Waals surface area contributed by atoms with E-state index in [2.05, 4.69) is 19.2 Å². The minimum atomic E-state index is -0.159. The van der Waals surface area contributed by atoms with Gasteiger partial charge in [-0.3, -0.25) is 4.79 Å². The molecule has 0 unspecified atom stereocenters. The quantitative estimate of drug-likeness (QED) is 0.878. The molecule has 146 valence electrons. The molecule has 3 heterocycles. The Hall–Kier alpha value is -2.57. The number of carbonyl (C=O) groups is 2. The zero-order chi connectivity index (χ0) is 19.6. The molecule has 2 aromatic rings. The highest BCUT2D eigenvalue weighted by atomic mass is 16.2. The molecule has 0 bridgehead atoms. The third-order valence-corrected chi connectivity index (χ3v) is 5.28. The number of fused-ring (bicyclic) bond motifs is 1. The van der Waals surface area contributed by atoms with E-state index >= 15 is 0 Å². The first-order valence-electron chi connectivity index (χ1n) is 9.67. The van der Waals surface area contributed by atoms with Gasteiger partial charge in [0.25, 0.3) is 5.91 Å². The Morgan fingerprint density at radius 3 is 2.85 bits per heavy atom. The fourth-order valence-electron chi connectivity index (χ4n) is 3.48. The maximum absolute atomic E-state index is 12.8. The average molecular weight is 371 g/mol. The first-order valence-corrected chi connectivity index (χ1v) is 9.67. The number of urea groups is 1. The second-order valence-corrected chi connectivity index (χ2v) is 7.53. The van der Waals surface area contributed by atoms with Crippen LogP contribution in [-0.2, 0) is 0 Å². The predicted octanol–water partition coefficient (Wildman–Crippen LogP) is 2.93. The summed E-state index contributed by atoms with van der Waals surface area (Å²) in [5.41, 5.74) is 1.20. The number of carbonyl (C=O) groups excluding carboxylic acids is 2. The second-order valence-electron chi connectivity index (χ2n) is 7.53. The van der Waals surface area contributed by atoms with Crippen LogP contribution in [0.5, 0.6) is 0 Å². The molecule has 0 saturated carbocycles. The van der Waals surface area contributed by atoms with Gasteiger partial charge in [-0.05, 0) is 30.9 Å². The van der Waals surface area contributed by atoms with Crippen LogP contribution in [0.3, 0.4) is 0 Å². The van der Waals surface area contributed by atoms with Crippen molar-refractivity contribution in [3.05, 3.63) is 35.9 Å². The molecule has 1 N–H and O–H groups in total. The van der Waals surface area contributed by atoms with Gasteiger partial charge in [0.05, 0.1) is 11.6 Å². The number of rotatable bonds is 5. The Morgan fingerprint density at radius 1 is 1.37 bits per heavy atom. The third-order valence-electron chi connectivity index (χ3n) is 5.28. The lowest BCUT2D eigenvalue weighted by Gasteiger charge is -2.27. The first kappa shape index (κ1) is 19.2. The maximum atomic E-state index is 12.8. The molecular formula is C20H29N5O2. The maximum Gasteiger partial charge on any atom is 0.320 e. The topological polar surface area (TPSA) is 70.0 Å². The molecule has 0 aromatic carbocycles. The predicted molar refractivity (Wildman–Crippen MR) is 105 cm³/mol. The highest BCUT2D eigenvalue weighted by molar-refractivity contribution is 5.99. The van der Waals surface area contributed by atoms with Crippen LogP contribution in [0.15, 0.2) is 24.4 Å². The summed E-state index contributed by atoms with van der Waals surface area (Å²) < 4.78 is 1.95. The van der Waals surface area contributed by atoms with Crippen molar-refractivity contribution in [3.8, 4) is 0 Å². The first-order chi connectivity index (χ1) is 12.9. The van der Waals surface area contributed by atoms with Crippen LogP contribution < -0.4 is 5.32 Å². The van der Waals surface area contributed by atoms with Crippen molar-refractivity contribution in [1.29, 1.82) is 0 Å². The summed E-state index contributed by atoms with van der Waals surface area (Å²) in [4.78, 5) is 33.5. The molecule has 0 aliphatic carbocycles. The molecule has 1 aliphatic heterocycles. The van der Waals surface area contributed by atoms with Gasteiger partial charge in [0, 0.05) is 33.4 Å². The van der Waals surface area contributed by atoms with E-state index < -0.39 is 0 Å². The monoisotopic (exact) mass is 371 g/mol. The van der Waals surface area contributed by atoms with E-state index in [1.807, 2.05) is 33.7 Å². The van der Waals surface area contributed by atoms with E-state index in [0.717, 1.165) is 30.6 Å². The number of amides is 3. The summed E-state index contributed by atoms with van der Waals surface area (Å²) >= 11 is 0. The summed E-state index contributed by atoms with van der Waals surface area (Å²) in [5.74, 6) is 1.02. The molecule has 27 heavy (non-hydrogen) atoms. The molecule has 0 radical (unpaired) electrons. The van der Waals surface area contributed by atoms with Gasteiger partial charge in [0.15, 0.2) is 5.69 Å². The summed E-state index contributed by atoms with van der Waals surface area (Å²) in [5, 5.41) is 2.99. The number of pyridine rings is 1. The highest BCUT2D eigenvalue weighted by Crippen LogP contribution is 2.33. The molecule has 7 heteroatoms. The standard InChI is InChI=1S/C20H29N5O2/c1-5-14(2)13-21-19(26)17-15-9-6-7-11-24(15)18(22-17)16-10-8-12-25(16)20(27)23(3)4/h6-7,9,11,14,16H,5,8,10,12-13H2,1-4H3,(H,21,26)/t14-,16-/m1/s1. The van der Waals surface area contributed by atoms with Gasteiger partial charge < -0.3 is 19.5 Å². The Morgan fingerprint density at radius 2 is 2.15 bits per heavy atom. The van der Waals surface area contributed by atoms with Crippen LogP contribution in [0.4, 0.5) is 4.79 Å². The number of hydrogen-bond donors (Lipinski definition) is 1. The Bertz CT molecular complexity index is 829. The van der Waals surface area contributed by atoms with Crippen molar-refractivity contribution in [2.75, 3.05) is 27.2 Å². The van der Waals surface area contributed by atoms with Crippen molar-refractivity contribution in [1.82, 2.24) is 24.5 Å². The highest BCUT2D eigenvalue weighted by Gasteiger charge is 2.34. The van der Waals surface area contributed by atoms with Crippen LogP contribution in [-0.4, -0.2) is 58.3 Å². The SMILES string of the molecule is CC[C@@H](C)CNC(=O)c1nc([C@H]2CCCN2C(=O)N(C)C)n2ccccc12. The van der Waals surface area contributed by atoms with Gasteiger partial charge in [0.2, 0.25) is 0 Å². The summed E-state index contributed by atoms with van der Waals surface area (Å²) in [7, 11) is 3.52. The molecule has 1 aliphatic rings. The Kier molecular flexibility index (Phi) is 5.68. The lowest BCUT2D eigenvalue weighted by molar-refractivity contribution is 0.0944. The zero-order valence-corrected chi connectivity index (χ0v) is 16.6. The van der Waals surface area contributed by atoms with Crippen molar-refractivity contribution in [3.63, 3.8) is 0 Å². The van der Waals surface area contributed by atoms with Crippen LogP contribution >= 0.6 is 0 Å². The molecule has 2 aromatic heterocycles. The molecular weight excluding hydrogens is 342 g/mol. The lowest BCUT2D eigenvalue weighted by atomic mass is 10.1. The van der Waals surface area contributed by atoms with Crippen LogP contribution in [0, 0.1) is 5.92 Å². The zero-order valence-electron chi connectivity index (χ0n) is 16.6. The minimum Gasteiger partial charge on any atom is -0.350 e. The van der Waals surface area contributed by atoms with Gasteiger partial charge in [-0.15, -0.1) is 0 Å². The number of aromatic nitrogens is 2. The molecule has 7 nitrogen and oxygen atoms in total. The molecule has 1 fully saturated rings. The Labute approximate surface area is 160 Å². The van der Waals surface area contributed by atoms with Crippen molar-refractivity contribution < 1.29 is 9.59 Å². The van der Waals surface area contributed by atoms with Crippen LogP contribution in [0.25, 0.3) is 5.52 Å². The second kappa shape index (κ2) is 7.98. The van der Waals surface area contributed by atoms with E-state index in [-0.39, 0.29) is 18.0 Å². The molecule has 2 atom stereocenters. The van der Waals surface area contributed by atoms with Gasteiger partial charge in [-0.25, -0.2) is 9.78 Å². The van der Waals surface area contributed by atoms with E-state index in [4.69, 9.17) is 4.98 Å². The summed E-state index contributed by atoms with van der Waals surface area (Å²) in [6, 6.07) is 5.59. The smallest absolute Gasteiger partial charge is 0.320 e. The van der Waals surface area contributed by atoms with E-state index in [9.17, 15) is 9.59 Å². The molecule has 1 saturated heterocycles. The number of nitrogens with zero attached hydrogens (tertiary/aromatic N) is 4. The van der Waals surface area contributed by atoms with E-state index in [0.29, 0.717) is 24.7 Å². The molecule has 0 spiro atoms. The lowest BCUT2D eigenvalue weighted by Crippen LogP contribution is -2.39. The van der Waals surface area contributed by atoms with Crippen molar-refractivity contribution in [2.24, 2.45) is 5.92 Å². The molecule has 3 amide bonds.